The van der Waals surface area contributed by atoms with Crippen LogP contribution in [0.2, 0.25) is 0 Å². The van der Waals surface area contributed by atoms with E-state index >= 15 is 0 Å². The molecule has 0 saturated carbocycles. The normalized spacial score (nSPS) is 22.9. The van der Waals surface area contributed by atoms with E-state index in [2.05, 4.69) is 15.0 Å². The molecule has 11 heteroatoms. The number of hydrogen-bond donors (Lipinski definition) is 2. The highest BCUT2D eigenvalue weighted by molar-refractivity contribution is 5.81. The van der Waals surface area contributed by atoms with Crippen molar-refractivity contribution in [2.75, 3.05) is 12.3 Å². The van der Waals surface area contributed by atoms with Crippen LogP contribution < -0.4 is 11.4 Å². The molecule has 3 atom stereocenters. The zero-order valence-electron chi connectivity index (χ0n) is 13.6. The Labute approximate surface area is 141 Å². The van der Waals surface area contributed by atoms with Gasteiger partial charge in [0.25, 0.3) is 0 Å². The summed E-state index contributed by atoms with van der Waals surface area (Å²) in [4.78, 5) is 44.2. The topological polar surface area (TPSA) is 151 Å². The van der Waals surface area contributed by atoms with Crippen molar-refractivity contribution < 1.29 is 23.8 Å². The second kappa shape index (κ2) is 6.51. The fourth-order valence-corrected chi connectivity index (χ4v) is 2.72. The molecule has 3 heterocycles. The maximum Gasteiger partial charge on any atom is 0.348 e. The molecule has 3 N–H and O–H groups in total. The van der Waals surface area contributed by atoms with Gasteiger partial charge in [0, 0.05) is 20.3 Å². The van der Waals surface area contributed by atoms with Gasteiger partial charge in [0.2, 0.25) is 0 Å². The highest BCUT2D eigenvalue weighted by Crippen LogP contribution is 2.33. The third kappa shape index (κ3) is 3.45. The zero-order chi connectivity index (χ0) is 18.1. The van der Waals surface area contributed by atoms with Gasteiger partial charge in [0.05, 0.1) is 6.33 Å². The summed E-state index contributed by atoms with van der Waals surface area (Å²) in [6, 6.07) is 0. The first-order chi connectivity index (χ1) is 11.8. The van der Waals surface area contributed by atoms with Crippen molar-refractivity contribution in [2.45, 2.75) is 38.7 Å². The second-order valence-electron chi connectivity index (χ2n) is 5.60. The van der Waals surface area contributed by atoms with E-state index in [0.29, 0.717) is 5.52 Å². The molecule has 11 nitrogen and oxygen atoms in total. The molecule has 0 radical (unpaired) electrons. The average Bonchev–Trinajstić information content (AvgIpc) is 3.08. The molecule has 3 rings (SSSR count). The Bertz CT molecular complexity index is 874. The summed E-state index contributed by atoms with van der Waals surface area (Å²) in [5.74, 6) is -0.848. The quantitative estimate of drug-likeness (QED) is 0.693. The maximum absolute atomic E-state index is 11.6. The number of aromatic nitrogens is 4. The van der Waals surface area contributed by atoms with Crippen LogP contribution in [0.5, 0.6) is 0 Å². The van der Waals surface area contributed by atoms with Crippen LogP contribution in [0.1, 0.15) is 26.5 Å². The number of carbonyl (C=O) groups excluding carboxylic acids is 2. The zero-order valence-corrected chi connectivity index (χ0v) is 13.6. The van der Waals surface area contributed by atoms with Crippen molar-refractivity contribution in [3.63, 3.8) is 0 Å². The lowest BCUT2D eigenvalue weighted by molar-refractivity contribution is -0.155. The van der Waals surface area contributed by atoms with E-state index < -0.39 is 36.1 Å². The van der Waals surface area contributed by atoms with Crippen LogP contribution >= 0.6 is 0 Å². The minimum atomic E-state index is -0.644. The van der Waals surface area contributed by atoms with E-state index in [1.807, 2.05) is 0 Å². The van der Waals surface area contributed by atoms with Crippen LogP contribution in [-0.4, -0.2) is 50.3 Å². The lowest BCUT2D eigenvalue weighted by atomic mass is 10.2. The highest BCUT2D eigenvalue weighted by Gasteiger charge is 2.40. The summed E-state index contributed by atoms with van der Waals surface area (Å²) >= 11 is 0. The Morgan fingerprint density at radius 1 is 1.44 bits per heavy atom. The Kier molecular flexibility index (Phi) is 4.40. The molecular weight excluding hydrogens is 334 g/mol. The van der Waals surface area contributed by atoms with Crippen molar-refractivity contribution in [3.8, 4) is 0 Å². The molecule has 1 fully saturated rings. The molecule has 0 unspecified atom stereocenters. The van der Waals surface area contributed by atoms with Crippen LogP contribution in [0.4, 0.5) is 5.82 Å². The number of anilines is 1. The Morgan fingerprint density at radius 3 is 2.88 bits per heavy atom. The summed E-state index contributed by atoms with van der Waals surface area (Å²) in [5.41, 5.74) is 5.70. The van der Waals surface area contributed by atoms with E-state index in [4.69, 9.17) is 19.9 Å². The molecule has 25 heavy (non-hydrogen) atoms. The van der Waals surface area contributed by atoms with Crippen molar-refractivity contribution in [3.05, 3.63) is 16.8 Å². The number of nitrogens with two attached hydrogens (primary N) is 1. The fourth-order valence-electron chi connectivity index (χ4n) is 2.72. The number of fused-ring (bicyclic) bond motifs is 1. The number of rotatable bonds is 4. The van der Waals surface area contributed by atoms with Gasteiger partial charge < -0.3 is 19.9 Å². The molecule has 1 aliphatic heterocycles. The number of nitrogens with zero attached hydrogens (tertiary/aromatic N) is 3. The average molecular weight is 351 g/mol. The van der Waals surface area contributed by atoms with Crippen LogP contribution in [-0.2, 0) is 23.8 Å². The Hall–Kier alpha value is -2.95. The van der Waals surface area contributed by atoms with E-state index in [1.165, 1.54) is 24.7 Å². The minimum absolute atomic E-state index is 0.0629. The summed E-state index contributed by atoms with van der Waals surface area (Å²) < 4.78 is 17.6. The largest absolute Gasteiger partial charge is 0.463 e. The Balaban J connectivity index is 1.89. The monoisotopic (exact) mass is 351 g/mol. The van der Waals surface area contributed by atoms with Gasteiger partial charge in [-0.2, -0.15) is 4.98 Å². The van der Waals surface area contributed by atoms with Gasteiger partial charge >= 0.3 is 17.6 Å². The fraction of sp³-hybridized carbons (Fsp3) is 0.500. The molecule has 2 aromatic heterocycles. The van der Waals surface area contributed by atoms with Crippen molar-refractivity contribution in [2.24, 2.45) is 0 Å². The summed E-state index contributed by atoms with van der Waals surface area (Å²) in [6.45, 7) is 2.49. The molecule has 0 spiro atoms. The standard InChI is InChI=1S/C14H17N5O6/c1-6(20)23-4-9-8(24-7(2)21)3-10(25-9)19-5-16-11-12(15)17-14(22)18-13(11)19/h5,8-10H,3-4H2,1-2H3,(H3,15,17,18,22)/t8-,9+,10+/m0/s1. The number of nitrogen functional groups attached to an aromatic ring is 1. The lowest BCUT2D eigenvalue weighted by Gasteiger charge is -2.17. The number of aromatic amines is 1. The van der Waals surface area contributed by atoms with Gasteiger partial charge in [-0.15, -0.1) is 0 Å². The highest BCUT2D eigenvalue weighted by atomic mass is 16.6. The van der Waals surface area contributed by atoms with Gasteiger partial charge in [-0.1, -0.05) is 0 Å². The summed E-state index contributed by atoms with van der Waals surface area (Å²) in [7, 11) is 0. The third-order valence-electron chi connectivity index (χ3n) is 3.73. The molecule has 134 valence electrons. The number of imidazole rings is 1. The van der Waals surface area contributed by atoms with Crippen LogP contribution in [0.25, 0.3) is 11.2 Å². The van der Waals surface area contributed by atoms with Gasteiger partial charge in [-0.25, -0.2) is 9.78 Å². The van der Waals surface area contributed by atoms with Crippen molar-refractivity contribution in [1.82, 2.24) is 19.5 Å². The van der Waals surface area contributed by atoms with E-state index in [9.17, 15) is 14.4 Å². The predicted octanol–water partition coefficient (Wildman–Crippen LogP) is -0.516. The molecule has 0 bridgehead atoms. The summed E-state index contributed by atoms with van der Waals surface area (Å²) in [6.07, 6.45) is -0.145. The van der Waals surface area contributed by atoms with Crippen molar-refractivity contribution >= 4 is 28.9 Å². The molecule has 0 aliphatic carbocycles. The van der Waals surface area contributed by atoms with Gasteiger partial charge in [-0.3, -0.25) is 19.1 Å². The van der Waals surface area contributed by atoms with Crippen molar-refractivity contribution in [1.29, 1.82) is 0 Å². The van der Waals surface area contributed by atoms with Gasteiger partial charge in [-0.05, 0) is 0 Å². The molecule has 1 aliphatic rings. The van der Waals surface area contributed by atoms with E-state index in [-0.39, 0.29) is 24.5 Å². The number of hydrogen-bond acceptors (Lipinski definition) is 9. The molecule has 2 aromatic rings. The van der Waals surface area contributed by atoms with Crippen LogP contribution in [0.3, 0.4) is 0 Å². The molecular formula is C14H17N5O6. The number of H-pyrrole nitrogens is 1. The number of ether oxygens (including phenoxy) is 3. The molecule has 0 aromatic carbocycles. The van der Waals surface area contributed by atoms with Gasteiger partial charge in [0.1, 0.15) is 36.4 Å². The lowest BCUT2D eigenvalue weighted by Crippen LogP contribution is -2.31. The minimum Gasteiger partial charge on any atom is -0.463 e. The number of carbonyl (C=O) groups is 2. The summed E-state index contributed by atoms with van der Waals surface area (Å²) in [5, 5.41) is 0. The third-order valence-corrected chi connectivity index (χ3v) is 3.73. The number of nitrogens with one attached hydrogen (secondary N) is 1. The van der Waals surface area contributed by atoms with Crippen LogP contribution in [0, 0.1) is 0 Å². The van der Waals surface area contributed by atoms with E-state index in [1.54, 1.807) is 0 Å². The second-order valence-corrected chi connectivity index (χ2v) is 5.60. The molecule has 1 saturated heterocycles. The first-order valence-corrected chi connectivity index (χ1v) is 7.53. The van der Waals surface area contributed by atoms with Crippen LogP contribution in [0.15, 0.2) is 11.1 Å². The first-order valence-electron chi connectivity index (χ1n) is 7.53. The maximum atomic E-state index is 11.6. The smallest absolute Gasteiger partial charge is 0.348 e. The number of esters is 2. The first kappa shape index (κ1) is 16.9. The SMILES string of the molecule is CC(=O)OC[C@H]1O[C@@H](n2cnc3c(N)[nH]c(=O)nc32)C[C@@H]1OC(C)=O. The predicted molar refractivity (Wildman–Crippen MR) is 83.3 cm³/mol. The Morgan fingerprint density at radius 2 is 2.20 bits per heavy atom. The van der Waals surface area contributed by atoms with Gasteiger partial charge in [0.15, 0.2) is 5.65 Å². The molecule has 0 amide bonds. The van der Waals surface area contributed by atoms with E-state index in [0.717, 1.165) is 0 Å².